The number of aryl methyl sites for hydroxylation is 2. The number of carbonyl (C=O) groups is 2. The van der Waals surface area contributed by atoms with E-state index in [1.165, 1.54) is 17.0 Å². The summed E-state index contributed by atoms with van der Waals surface area (Å²) in [7, 11) is -4.13. The summed E-state index contributed by atoms with van der Waals surface area (Å²) in [5.74, 6) is -0.842. The molecule has 0 spiro atoms. The summed E-state index contributed by atoms with van der Waals surface area (Å²) in [5.41, 5.74) is 2.76. The van der Waals surface area contributed by atoms with Crippen molar-refractivity contribution in [3.63, 3.8) is 0 Å². The fourth-order valence-electron chi connectivity index (χ4n) is 4.45. The van der Waals surface area contributed by atoms with E-state index in [0.29, 0.717) is 40.7 Å². The summed E-state index contributed by atoms with van der Waals surface area (Å²) in [5, 5.41) is 3.47. The number of hydrogen-bond donors (Lipinski definition) is 1. The van der Waals surface area contributed by atoms with Crippen molar-refractivity contribution in [3.05, 3.63) is 93.5 Å². The van der Waals surface area contributed by atoms with Gasteiger partial charge in [0.1, 0.15) is 12.6 Å². The fraction of sp³-hybridized carbons (Fsp3) is 0.333. The van der Waals surface area contributed by atoms with Gasteiger partial charge in [0, 0.05) is 13.1 Å². The van der Waals surface area contributed by atoms with Crippen molar-refractivity contribution in [1.82, 2.24) is 10.2 Å². The summed E-state index contributed by atoms with van der Waals surface area (Å²) in [6, 6.07) is 17.8. The molecule has 0 saturated heterocycles. The van der Waals surface area contributed by atoms with Crippen LogP contribution in [0, 0.1) is 6.92 Å². The number of sulfonamides is 1. The summed E-state index contributed by atoms with van der Waals surface area (Å²) in [6.45, 7) is 7.34. The Morgan fingerprint density at radius 2 is 1.60 bits per heavy atom. The molecule has 40 heavy (non-hydrogen) atoms. The van der Waals surface area contributed by atoms with Crippen molar-refractivity contribution in [2.24, 2.45) is 0 Å². The fourth-order valence-corrected chi connectivity index (χ4v) is 6.22. The van der Waals surface area contributed by atoms with Crippen LogP contribution in [0.15, 0.2) is 71.6 Å². The average Bonchev–Trinajstić information content (AvgIpc) is 2.93. The molecule has 3 aromatic rings. The number of benzene rings is 3. The highest BCUT2D eigenvalue weighted by Gasteiger charge is 2.34. The molecule has 7 nitrogen and oxygen atoms in total. The van der Waals surface area contributed by atoms with Crippen LogP contribution in [0.2, 0.25) is 10.0 Å². The van der Waals surface area contributed by atoms with E-state index in [9.17, 15) is 18.0 Å². The van der Waals surface area contributed by atoms with Gasteiger partial charge in [-0.2, -0.15) is 0 Å². The van der Waals surface area contributed by atoms with E-state index in [2.05, 4.69) is 5.32 Å². The summed E-state index contributed by atoms with van der Waals surface area (Å²) >= 11 is 12.3. The van der Waals surface area contributed by atoms with Crippen molar-refractivity contribution in [1.29, 1.82) is 0 Å². The number of para-hydroxylation sites is 1. The predicted molar refractivity (Wildman–Crippen MR) is 161 cm³/mol. The second-order valence-corrected chi connectivity index (χ2v) is 12.1. The van der Waals surface area contributed by atoms with E-state index in [1.54, 1.807) is 49.4 Å². The number of carbonyl (C=O) groups excluding carboxylic acids is 2. The minimum Gasteiger partial charge on any atom is -0.355 e. The molecule has 10 heteroatoms. The monoisotopic (exact) mass is 603 g/mol. The first-order valence-corrected chi connectivity index (χ1v) is 15.4. The van der Waals surface area contributed by atoms with Crippen LogP contribution in [0.1, 0.15) is 43.9 Å². The zero-order valence-electron chi connectivity index (χ0n) is 23.2. The third-order valence-electron chi connectivity index (χ3n) is 6.60. The van der Waals surface area contributed by atoms with Gasteiger partial charge in [-0.1, -0.05) is 79.0 Å². The molecule has 0 bridgehead atoms. The number of nitrogens with one attached hydrogen (secondary N) is 1. The van der Waals surface area contributed by atoms with Gasteiger partial charge in [0.2, 0.25) is 11.8 Å². The standard InChI is InChI=1S/C30H35Cl2N3O4S/c1-5-23-10-8-9-11-28(23)35(40(38,39)24-15-12-21(4)13-16-24)20-29(36)34(27(6-2)30(37)33-7-3)19-22-14-17-25(31)26(32)18-22/h8-18,27H,5-7,19-20H2,1-4H3,(H,33,37). The topological polar surface area (TPSA) is 86.8 Å². The number of likely N-dealkylation sites (N-methyl/N-ethyl adjacent to an activating group) is 1. The van der Waals surface area contributed by atoms with Crippen LogP contribution in [-0.4, -0.2) is 44.3 Å². The quantitative estimate of drug-likeness (QED) is 0.275. The molecule has 2 amide bonds. The van der Waals surface area contributed by atoms with E-state index in [4.69, 9.17) is 23.2 Å². The van der Waals surface area contributed by atoms with E-state index in [0.717, 1.165) is 15.4 Å². The third kappa shape index (κ3) is 7.36. The molecule has 1 N–H and O–H groups in total. The van der Waals surface area contributed by atoms with Gasteiger partial charge in [0.05, 0.1) is 20.6 Å². The van der Waals surface area contributed by atoms with Crippen LogP contribution >= 0.6 is 23.2 Å². The Balaban J connectivity index is 2.11. The van der Waals surface area contributed by atoms with Gasteiger partial charge < -0.3 is 10.2 Å². The molecular formula is C30H35Cl2N3O4S. The maximum absolute atomic E-state index is 14.1. The van der Waals surface area contributed by atoms with Gasteiger partial charge in [0.15, 0.2) is 0 Å². The van der Waals surface area contributed by atoms with E-state index in [1.807, 2.05) is 32.9 Å². The van der Waals surface area contributed by atoms with E-state index in [-0.39, 0.29) is 17.3 Å². The number of anilines is 1. The van der Waals surface area contributed by atoms with Gasteiger partial charge >= 0.3 is 0 Å². The van der Waals surface area contributed by atoms with Crippen molar-refractivity contribution in [2.45, 2.75) is 58.0 Å². The Morgan fingerprint density at radius 3 is 2.20 bits per heavy atom. The van der Waals surface area contributed by atoms with Crippen LogP contribution in [0.5, 0.6) is 0 Å². The van der Waals surface area contributed by atoms with Crippen LogP contribution in [0.25, 0.3) is 0 Å². The second-order valence-electron chi connectivity index (χ2n) is 9.40. The highest BCUT2D eigenvalue weighted by atomic mass is 35.5. The average molecular weight is 605 g/mol. The first-order valence-electron chi connectivity index (χ1n) is 13.2. The lowest BCUT2D eigenvalue weighted by Gasteiger charge is -2.33. The van der Waals surface area contributed by atoms with Crippen LogP contribution in [0.3, 0.4) is 0 Å². The highest BCUT2D eigenvalue weighted by Crippen LogP contribution is 2.29. The predicted octanol–water partition coefficient (Wildman–Crippen LogP) is 6.00. The third-order valence-corrected chi connectivity index (χ3v) is 9.12. The number of amides is 2. The van der Waals surface area contributed by atoms with Gasteiger partial charge in [-0.05, 0) is 68.1 Å². The molecule has 0 aliphatic heterocycles. The zero-order valence-corrected chi connectivity index (χ0v) is 25.5. The smallest absolute Gasteiger partial charge is 0.264 e. The minimum atomic E-state index is -4.13. The van der Waals surface area contributed by atoms with Crippen molar-refractivity contribution < 1.29 is 18.0 Å². The Morgan fingerprint density at radius 1 is 0.925 bits per heavy atom. The number of hydrogen-bond acceptors (Lipinski definition) is 4. The molecular weight excluding hydrogens is 569 g/mol. The lowest BCUT2D eigenvalue weighted by atomic mass is 10.1. The molecule has 1 atom stereocenters. The highest BCUT2D eigenvalue weighted by molar-refractivity contribution is 7.92. The molecule has 3 rings (SSSR count). The maximum atomic E-state index is 14.1. The largest absolute Gasteiger partial charge is 0.355 e. The first kappa shape index (κ1) is 31.5. The molecule has 0 radical (unpaired) electrons. The number of rotatable bonds is 12. The van der Waals surface area contributed by atoms with Gasteiger partial charge in [0.25, 0.3) is 10.0 Å². The SMILES string of the molecule is CCNC(=O)C(CC)N(Cc1ccc(Cl)c(Cl)c1)C(=O)CN(c1ccccc1CC)S(=O)(=O)c1ccc(C)cc1. The van der Waals surface area contributed by atoms with Crippen LogP contribution in [0.4, 0.5) is 5.69 Å². The van der Waals surface area contributed by atoms with E-state index >= 15 is 0 Å². The van der Waals surface area contributed by atoms with E-state index < -0.39 is 28.5 Å². The molecule has 1 unspecified atom stereocenters. The zero-order chi connectivity index (χ0) is 29.4. The lowest BCUT2D eigenvalue weighted by molar-refractivity contribution is -0.140. The molecule has 0 aliphatic rings. The van der Waals surface area contributed by atoms with Crippen LogP contribution in [-0.2, 0) is 32.6 Å². The molecule has 0 heterocycles. The maximum Gasteiger partial charge on any atom is 0.264 e. The Hall–Kier alpha value is -3.07. The normalized spacial score (nSPS) is 12.1. The second kappa shape index (κ2) is 14.0. The van der Waals surface area contributed by atoms with Crippen molar-refractivity contribution in [3.8, 4) is 0 Å². The molecule has 0 aromatic heterocycles. The first-order chi connectivity index (χ1) is 19.0. The van der Waals surface area contributed by atoms with Crippen molar-refractivity contribution >= 4 is 50.7 Å². The summed E-state index contributed by atoms with van der Waals surface area (Å²) in [4.78, 5) is 28.6. The Labute approximate surface area is 247 Å². The minimum absolute atomic E-state index is 0.0409. The lowest BCUT2D eigenvalue weighted by Crippen LogP contribution is -2.52. The Kier molecular flexibility index (Phi) is 11.0. The Bertz CT molecular complexity index is 1450. The molecule has 0 aliphatic carbocycles. The van der Waals surface area contributed by atoms with Gasteiger partial charge in [-0.25, -0.2) is 8.42 Å². The summed E-state index contributed by atoms with van der Waals surface area (Å²) < 4.78 is 29.2. The van der Waals surface area contributed by atoms with Crippen LogP contribution < -0.4 is 9.62 Å². The van der Waals surface area contributed by atoms with Gasteiger partial charge in [-0.15, -0.1) is 0 Å². The molecule has 3 aromatic carbocycles. The number of nitrogens with zero attached hydrogens (tertiary/aromatic N) is 2. The molecule has 214 valence electrons. The molecule has 0 saturated carbocycles. The van der Waals surface area contributed by atoms with Crippen molar-refractivity contribution in [2.75, 3.05) is 17.4 Å². The number of halogens is 2. The molecule has 0 fully saturated rings. The van der Waals surface area contributed by atoms with Gasteiger partial charge in [-0.3, -0.25) is 13.9 Å². The summed E-state index contributed by atoms with van der Waals surface area (Å²) in [6.07, 6.45) is 0.892.